The molecule has 1 N–H and O–H groups in total. The minimum Gasteiger partial charge on any atom is -0.481 e. The molecule has 0 saturated heterocycles. The molecule has 2 nitrogen and oxygen atoms in total. The van der Waals surface area contributed by atoms with Gasteiger partial charge in [-0.1, -0.05) is 11.6 Å². The average molecular weight is 234 g/mol. The van der Waals surface area contributed by atoms with E-state index in [1.54, 1.807) is 0 Å². The number of carboxylic acids is 1. The van der Waals surface area contributed by atoms with Gasteiger partial charge in [0, 0.05) is 0 Å². The summed E-state index contributed by atoms with van der Waals surface area (Å²) in [7, 11) is 0. The molecular weight excluding hydrogens is 212 g/mol. The Kier molecular flexibility index (Phi) is 2.57. The molecule has 17 heavy (non-hydrogen) atoms. The van der Waals surface area contributed by atoms with E-state index in [0.717, 1.165) is 17.8 Å². The summed E-state index contributed by atoms with van der Waals surface area (Å²) in [6.45, 7) is 2.18. The van der Waals surface area contributed by atoms with Gasteiger partial charge < -0.3 is 5.11 Å². The molecule has 4 saturated carbocycles. The summed E-state index contributed by atoms with van der Waals surface area (Å²) in [4.78, 5) is 10.7. The predicted octanol–water partition coefficient (Wildman–Crippen LogP) is 3.62. The maximum absolute atomic E-state index is 10.7. The van der Waals surface area contributed by atoms with E-state index in [-0.39, 0.29) is 6.42 Å². The second-order valence-corrected chi connectivity index (χ2v) is 6.68. The van der Waals surface area contributed by atoms with E-state index in [9.17, 15) is 4.79 Å². The fraction of sp³-hybridized carbons (Fsp3) is 0.800. The standard InChI is InChI=1S/C15H22O2/c1-10(2-3-14(16)17)15-7-11-4-12(8-15)6-13(5-11)9-15/h2,11-13H,3-9H2,1H3,(H,16,17)/b10-2+. The van der Waals surface area contributed by atoms with Gasteiger partial charge in [-0.25, -0.2) is 0 Å². The van der Waals surface area contributed by atoms with Gasteiger partial charge in [-0.05, 0) is 68.6 Å². The first-order valence-corrected chi connectivity index (χ1v) is 6.96. The van der Waals surface area contributed by atoms with Crippen LogP contribution < -0.4 is 0 Å². The van der Waals surface area contributed by atoms with Crippen LogP contribution >= 0.6 is 0 Å². The predicted molar refractivity (Wildman–Crippen MR) is 66.6 cm³/mol. The van der Waals surface area contributed by atoms with Gasteiger partial charge in [-0.3, -0.25) is 4.79 Å². The minimum absolute atomic E-state index is 0.202. The van der Waals surface area contributed by atoms with Crippen LogP contribution in [-0.2, 0) is 4.79 Å². The highest BCUT2D eigenvalue weighted by atomic mass is 16.4. The third-order valence-electron chi connectivity index (χ3n) is 5.46. The zero-order valence-corrected chi connectivity index (χ0v) is 10.6. The number of carbonyl (C=O) groups is 1. The van der Waals surface area contributed by atoms with E-state index in [1.165, 1.54) is 44.1 Å². The second-order valence-electron chi connectivity index (χ2n) is 6.68. The molecule has 94 valence electrons. The lowest BCUT2D eigenvalue weighted by Gasteiger charge is -2.57. The summed E-state index contributed by atoms with van der Waals surface area (Å²) in [5.74, 6) is 2.12. The van der Waals surface area contributed by atoms with Crippen LogP contribution in [0.25, 0.3) is 0 Å². The highest BCUT2D eigenvalue weighted by Crippen LogP contribution is 2.62. The third kappa shape index (κ3) is 1.92. The fourth-order valence-corrected chi connectivity index (χ4v) is 5.05. The van der Waals surface area contributed by atoms with Crippen LogP contribution in [-0.4, -0.2) is 11.1 Å². The molecule has 0 aromatic rings. The first kappa shape index (κ1) is 11.3. The average Bonchev–Trinajstić information content (AvgIpc) is 2.23. The van der Waals surface area contributed by atoms with Crippen LogP contribution in [0, 0.1) is 23.2 Å². The number of carboxylic acid groups (broad SMARTS) is 1. The van der Waals surface area contributed by atoms with E-state index >= 15 is 0 Å². The smallest absolute Gasteiger partial charge is 0.307 e. The van der Waals surface area contributed by atoms with Crippen LogP contribution in [0.15, 0.2) is 11.6 Å². The van der Waals surface area contributed by atoms with Crippen molar-refractivity contribution in [2.24, 2.45) is 23.2 Å². The maximum Gasteiger partial charge on any atom is 0.307 e. The Morgan fingerprint density at radius 3 is 2.06 bits per heavy atom. The van der Waals surface area contributed by atoms with Crippen molar-refractivity contribution in [2.45, 2.75) is 51.9 Å². The Labute approximate surface area is 103 Å². The molecule has 0 aliphatic heterocycles. The van der Waals surface area contributed by atoms with Crippen molar-refractivity contribution in [2.75, 3.05) is 0 Å². The number of hydrogen-bond acceptors (Lipinski definition) is 1. The number of rotatable bonds is 3. The number of hydrogen-bond donors (Lipinski definition) is 1. The van der Waals surface area contributed by atoms with Crippen molar-refractivity contribution < 1.29 is 9.90 Å². The molecule has 4 rings (SSSR count). The highest BCUT2D eigenvalue weighted by Gasteiger charge is 2.51. The Morgan fingerprint density at radius 1 is 1.18 bits per heavy atom. The molecule has 4 aliphatic rings. The Balaban J connectivity index is 1.81. The first-order valence-electron chi connectivity index (χ1n) is 6.96. The SMILES string of the molecule is C/C(=C\CC(=O)O)C12CC3CC(CC(C3)C1)C2. The summed E-state index contributed by atoms with van der Waals surface area (Å²) in [5.41, 5.74) is 1.77. The van der Waals surface area contributed by atoms with Crippen LogP contribution in [0.5, 0.6) is 0 Å². The topological polar surface area (TPSA) is 37.3 Å². The van der Waals surface area contributed by atoms with Crippen molar-refractivity contribution in [3.63, 3.8) is 0 Å². The quantitative estimate of drug-likeness (QED) is 0.757. The summed E-state index contributed by atoms with van der Waals surface area (Å²) in [6.07, 6.45) is 10.5. The maximum atomic E-state index is 10.7. The third-order valence-corrected chi connectivity index (χ3v) is 5.46. The molecule has 0 aromatic carbocycles. The van der Waals surface area contributed by atoms with Crippen molar-refractivity contribution in [1.82, 2.24) is 0 Å². The molecule has 0 amide bonds. The van der Waals surface area contributed by atoms with Gasteiger partial charge in [0.2, 0.25) is 0 Å². The lowest BCUT2D eigenvalue weighted by Crippen LogP contribution is -2.46. The van der Waals surface area contributed by atoms with E-state index in [4.69, 9.17) is 5.11 Å². The molecule has 0 spiro atoms. The molecule has 0 radical (unpaired) electrons. The van der Waals surface area contributed by atoms with E-state index in [0.29, 0.717) is 5.41 Å². The molecular formula is C15H22O2. The van der Waals surface area contributed by atoms with Gasteiger partial charge in [0.15, 0.2) is 0 Å². The summed E-state index contributed by atoms with van der Waals surface area (Å²) < 4.78 is 0. The zero-order chi connectivity index (χ0) is 12.0. The largest absolute Gasteiger partial charge is 0.481 e. The van der Waals surface area contributed by atoms with E-state index in [1.807, 2.05) is 6.08 Å². The molecule has 4 fully saturated rings. The minimum atomic E-state index is -0.700. The lowest BCUT2D eigenvalue weighted by atomic mass is 9.48. The molecule has 0 unspecified atom stereocenters. The molecule has 0 atom stereocenters. The van der Waals surface area contributed by atoms with Gasteiger partial charge in [0.1, 0.15) is 0 Å². The monoisotopic (exact) mass is 234 g/mol. The molecule has 0 aromatic heterocycles. The molecule has 0 heterocycles. The Hall–Kier alpha value is -0.790. The van der Waals surface area contributed by atoms with Gasteiger partial charge in [0.25, 0.3) is 0 Å². The van der Waals surface area contributed by atoms with Crippen molar-refractivity contribution in [3.05, 3.63) is 11.6 Å². The van der Waals surface area contributed by atoms with Crippen molar-refractivity contribution >= 4 is 5.97 Å². The van der Waals surface area contributed by atoms with Crippen molar-refractivity contribution in [3.8, 4) is 0 Å². The highest BCUT2D eigenvalue weighted by molar-refractivity contribution is 5.68. The number of allylic oxidation sites excluding steroid dienone is 1. The normalized spacial score (nSPS) is 44.1. The van der Waals surface area contributed by atoms with Crippen LogP contribution in [0.4, 0.5) is 0 Å². The van der Waals surface area contributed by atoms with E-state index in [2.05, 4.69) is 6.92 Å². The summed E-state index contributed by atoms with van der Waals surface area (Å²) >= 11 is 0. The molecule has 4 aliphatic carbocycles. The van der Waals surface area contributed by atoms with Gasteiger partial charge in [-0.15, -0.1) is 0 Å². The molecule has 4 bridgehead atoms. The van der Waals surface area contributed by atoms with Gasteiger partial charge in [0.05, 0.1) is 6.42 Å². The lowest BCUT2D eigenvalue weighted by molar-refractivity contribution is -0.136. The van der Waals surface area contributed by atoms with Crippen LogP contribution in [0.2, 0.25) is 0 Å². The summed E-state index contributed by atoms with van der Waals surface area (Å²) in [6, 6.07) is 0. The second kappa shape index (κ2) is 3.86. The first-order chi connectivity index (χ1) is 8.07. The fourth-order valence-electron chi connectivity index (χ4n) is 5.05. The van der Waals surface area contributed by atoms with Crippen molar-refractivity contribution in [1.29, 1.82) is 0 Å². The Bertz CT molecular complexity index is 332. The van der Waals surface area contributed by atoms with Crippen LogP contribution in [0.1, 0.15) is 51.9 Å². The van der Waals surface area contributed by atoms with Gasteiger partial charge >= 0.3 is 5.97 Å². The van der Waals surface area contributed by atoms with E-state index < -0.39 is 5.97 Å². The number of aliphatic carboxylic acids is 1. The summed E-state index contributed by atoms with van der Waals surface area (Å²) in [5, 5.41) is 8.80. The zero-order valence-electron chi connectivity index (χ0n) is 10.6. The molecule has 2 heteroatoms. The Morgan fingerprint density at radius 2 is 1.65 bits per heavy atom. The van der Waals surface area contributed by atoms with Gasteiger partial charge in [-0.2, -0.15) is 0 Å². The van der Waals surface area contributed by atoms with Crippen LogP contribution in [0.3, 0.4) is 0 Å².